The molecule has 0 unspecified atom stereocenters. The maximum absolute atomic E-state index is 13.0. The number of nitrogens with zero attached hydrogens (tertiary/aromatic N) is 1. The Bertz CT molecular complexity index is 1210. The number of hydrogen-bond acceptors (Lipinski definition) is 6. The number of anilines is 1. The first kappa shape index (κ1) is 29.3. The number of morpholine rings is 1. The summed E-state index contributed by atoms with van der Waals surface area (Å²) in [5, 5.41) is 10.2. The lowest BCUT2D eigenvalue weighted by atomic mass is 9.95. The van der Waals surface area contributed by atoms with Gasteiger partial charge < -0.3 is 15.2 Å². The molecule has 2 fully saturated rings. The quantitative estimate of drug-likeness (QED) is 0.424. The van der Waals surface area contributed by atoms with Crippen LogP contribution >= 0.6 is 0 Å². The molecule has 208 valence electrons. The minimum absolute atomic E-state index is 0.0143. The van der Waals surface area contributed by atoms with E-state index in [4.69, 9.17) is 14.6 Å². The number of ether oxygens (including phenoxy) is 1. The molecule has 1 amide bonds. The molecule has 1 aliphatic carbocycles. The highest BCUT2D eigenvalue weighted by atomic mass is 32.2. The highest BCUT2D eigenvalue weighted by molar-refractivity contribution is 7.92. The fourth-order valence-corrected chi connectivity index (χ4v) is 4.84. The van der Waals surface area contributed by atoms with Crippen LogP contribution in [-0.2, 0) is 29.8 Å². The molecule has 38 heavy (non-hydrogen) atoms. The van der Waals surface area contributed by atoms with Crippen molar-refractivity contribution in [3.8, 4) is 0 Å². The Morgan fingerprint density at radius 1 is 1.00 bits per heavy atom. The molecular weight excluding hydrogens is 534 g/mol. The standard InChI is InChI=1S/C22H26FN3O4S.C2HF3O2/c23-18-3-7-20(8-4-18)31(28,29)25-19-5-1-17(2-6-19)22(9-10-22)21(27)24-11-12-26-13-15-30-16-14-26;3-2(4,5)1(6)7/h1-8,25H,9-16H2,(H,24,27);(H,6,7). The van der Waals surface area contributed by atoms with Gasteiger partial charge in [0.2, 0.25) is 5.91 Å². The number of carbonyl (C=O) groups excluding carboxylic acids is 1. The molecule has 1 heterocycles. The SMILES string of the molecule is O=C(NCCN1CCOCC1)C1(c2ccc(NS(=O)(=O)c3ccc(F)cc3)cc2)CC1.O=C(O)C(F)(F)F. The van der Waals surface area contributed by atoms with Crippen LogP contribution in [0.25, 0.3) is 0 Å². The lowest BCUT2D eigenvalue weighted by Crippen LogP contribution is -2.43. The lowest BCUT2D eigenvalue weighted by molar-refractivity contribution is -0.192. The summed E-state index contributed by atoms with van der Waals surface area (Å²) in [7, 11) is -3.81. The molecule has 0 spiro atoms. The van der Waals surface area contributed by atoms with Gasteiger partial charge in [0.15, 0.2) is 0 Å². The molecule has 1 aliphatic heterocycles. The predicted molar refractivity (Wildman–Crippen MR) is 129 cm³/mol. The van der Waals surface area contributed by atoms with Crippen molar-refractivity contribution in [1.29, 1.82) is 0 Å². The summed E-state index contributed by atoms with van der Waals surface area (Å²) < 4.78 is 77.5. The van der Waals surface area contributed by atoms with Crippen LogP contribution < -0.4 is 10.0 Å². The zero-order valence-electron chi connectivity index (χ0n) is 20.1. The van der Waals surface area contributed by atoms with Gasteiger partial charge in [-0.2, -0.15) is 13.2 Å². The van der Waals surface area contributed by atoms with Crippen molar-refractivity contribution in [2.24, 2.45) is 0 Å². The number of benzene rings is 2. The number of carboxylic acids is 1. The van der Waals surface area contributed by atoms with Gasteiger partial charge in [0.05, 0.1) is 23.5 Å². The third-order valence-corrected chi connectivity index (χ3v) is 7.46. The van der Waals surface area contributed by atoms with Gasteiger partial charge >= 0.3 is 12.1 Å². The average Bonchev–Trinajstić information content (AvgIpc) is 3.67. The van der Waals surface area contributed by atoms with Crippen molar-refractivity contribution in [3.05, 3.63) is 59.9 Å². The van der Waals surface area contributed by atoms with Gasteiger partial charge in [-0.25, -0.2) is 17.6 Å². The highest BCUT2D eigenvalue weighted by Crippen LogP contribution is 2.48. The monoisotopic (exact) mass is 561 g/mol. The van der Waals surface area contributed by atoms with Crippen molar-refractivity contribution in [3.63, 3.8) is 0 Å². The van der Waals surface area contributed by atoms with E-state index in [1.54, 1.807) is 24.3 Å². The number of carboxylic acid groups (broad SMARTS) is 1. The van der Waals surface area contributed by atoms with E-state index in [2.05, 4.69) is 14.9 Å². The molecule has 2 aromatic carbocycles. The van der Waals surface area contributed by atoms with E-state index in [1.807, 2.05) is 0 Å². The van der Waals surface area contributed by atoms with E-state index in [0.717, 1.165) is 63.4 Å². The maximum Gasteiger partial charge on any atom is 0.490 e. The van der Waals surface area contributed by atoms with Crippen molar-refractivity contribution in [1.82, 2.24) is 10.2 Å². The van der Waals surface area contributed by atoms with Crippen LogP contribution in [0.3, 0.4) is 0 Å². The number of alkyl halides is 3. The van der Waals surface area contributed by atoms with E-state index in [-0.39, 0.29) is 10.8 Å². The average molecular weight is 562 g/mol. The number of halogens is 4. The molecule has 0 atom stereocenters. The van der Waals surface area contributed by atoms with Gasteiger partial charge in [0, 0.05) is 31.9 Å². The molecule has 0 radical (unpaired) electrons. The van der Waals surface area contributed by atoms with Crippen LogP contribution in [-0.4, -0.2) is 75.9 Å². The molecule has 1 saturated carbocycles. The Balaban J connectivity index is 0.000000505. The number of amides is 1. The number of sulfonamides is 1. The predicted octanol–water partition coefficient (Wildman–Crippen LogP) is 2.74. The number of nitrogens with one attached hydrogen (secondary N) is 2. The fourth-order valence-electron chi connectivity index (χ4n) is 3.78. The van der Waals surface area contributed by atoms with Crippen molar-refractivity contribution in [2.75, 3.05) is 44.1 Å². The zero-order chi connectivity index (χ0) is 28.0. The van der Waals surface area contributed by atoms with E-state index < -0.39 is 33.4 Å². The Morgan fingerprint density at radius 2 is 1.55 bits per heavy atom. The second kappa shape index (κ2) is 12.1. The zero-order valence-corrected chi connectivity index (χ0v) is 20.9. The molecule has 3 N–H and O–H groups in total. The summed E-state index contributed by atoms with van der Waals surface area (Å²) in [6.07, 6.45) is -3.53. The van der Waals surface area contributed by atoms with Crippen LogP contribution in [0.2, 0.25) is 0 Å². The highest BCUT2D eigenvalue weighted by Gasteiger charge is 2.51. The summed E-state index contributed by atoms with van der Waals surface area (Å²) in [5.74, 6) is -3.24. The summed E-state index contributed by atoms with van der Waals surface area (Å²) in [6.45, 7) is 4.63. The smallest absolute Gasteiger partial charge is 0.475 e. The van der Waals surface area contributed by atoms with Gasteiger partial charge in [-0.3, -0.25) is 14.4 Å². The first-order valence-corrected chi connectivity index (χ1v) is 13.1. The molecule has 4 rings (SSSR count). The number of carbonyl (C=O) groups is 2. The minimum atomic E-state index is -5.08. The Kier molecular flexibility index (Phi) is 9.33. The number of rotatable bonds is 8. The van der Waals surface area contributed by atoms with Crippen LogP contribution in [0.4, 0.5) is 23.2 Å². The second-order valence-corrected chi connectivity index (χ2v) is 10.4. The Labute approximate surface area is 216 Å². The van der Waals surface area contributed by atoms with Gasteiger partial charge in [-0.1, -0.05) is 12.1 Å². The Morgan fingerprint density at radius 3 is 2.05 bits per heavy atom. The Hall–Kier alpha value is -3.23. The van der Waals surface area contributed by atoms with Crippen LogP contribution in [0.15, 0.2) is 53.4 Å². The van der Waals surface area contributed by atoms with E-state index in [0.29, 0.717) is 12.2 Å². The number of aliphatic carboxylic acids is 1. The fraction of sp³-hybridized carbons (Fsp3) is 0.417. The minimum Gasteiger partial charge on any atom is -0.475 e. The molecule has 14 heteroatoms. The first-order chi connectivity index (χ1) is 17.8. The molecule has 0 bridgehead atoms. The second-order valence-electron chi connectivity index (χ2n) is 8.73. The molecule has 1 saturated heterocycles. The maximum atomic E-state index is 13.0. The van der Waals surface area contributed by atoms with Crippen LogP contribution in [0.5, 0.6) is 0 Å². The molecule has 9 nitrogen and oxygen atoms in total. The summed E-state index contributed by atoms with van der Waals surface area (Å²) >= 11 is 0. The molecule has 0 aromatic heterocycles. The summed E-state index contributed by atoms with van der Waals surface area (Å²) in [4.78, 5) is 23.9. The topological polar surface area (TPSA) is 125 Å². The van der Waals surface area contributed by atoms with Crippen LogP contribution in [0.1, 0.15) is 18.4 Å². The molecule has 2 aromatic rings. The third-order valence-electron chi connectivity index (χ3n) is 6.06. The first-order valence-electron chi connectivity index (χ1n) is 11.6. The van der Waals surface area contributed by atoms with Gasteiger partial charge in [-0.15, -0.1) is 0 Å². The van der Waals surface area contributed by atoms with Crippen molar-refractivity contribution < 1.29 is 45.4 Å². The van der Waals surface area contributed by atoms with E-state index in [1.165, 1.54) is 12.1 Å². The molecular formula is C24H27F4N3O6S. The summed E-state index contributed by atoms with van der Waals surface area (Å²) in [5.41, 5.74) is 0.733. The summed E-state index contributed by atoms with van der Waals surface area (Å²) in [6, 6.07) is 11.5. The van der Waals surface area contributed by atoms with E-state index >= 15 is 0 Å². The van der Waals surface area contributed by atoms with Gasteiger partial charge in [0.25, 0.3) is 10.0 Å². The lowest BCUT2D eigenvalue weighted by Gasteiger charge is -2.27. The third kappa shape index (κ3) is 7.88. The largest absolute Gasteiger partial charge is 0.490 e. The molecule has 2 aliphatic rings. The van der Waals surface area contributed by atoms with Crippen molar-refractivity contribution >= 4 is 27.6 Å². The van der Waals surface area contributed by atoms with Crippen LogP contribution in [0, 0.1) is 5.82 Å². The van der Waals surface area contributed by atoms with E-state index in [9.17, 15) is 30.8 Å². The van der Waals surface area contributed by atoms with Gasteiger partial charge in [0.1, 0.15) is 5.82 Å². The van der Waals surface area contributed by atoms with Gasteiger partial charge in [-0.05, 0) is 54.8 Å². The normalized spacial score (nSPS) is 17.1. The number of hydrogen-bond donors (Lipinski definition) is 3. The van der Waals surface area contributed by atoms with Crippen molar-refractivity contribution in [2.45, 2.75) is 29.3 Å².